The third-order valence-electron chi connectivity index (χ3n) is 2.87. The van der Waals surface area contributed by atoms with Crippen LogP contribution in [0.15, 0.2) is 0 Å². The van der Waals surface area contributed by atoms with Gasteiger partial charge in [-0.25, -0.2) is 0 Å². The minimum Gasteiger partial charge on any atom is -0.368 e. The molecule has 0 amide bonds. The zero-order chi connectivity index (χ0) is 11.8. The number of rotatable bonds is 1. The molecule has 3 rings (SSSR count). The van der Waals surface area contributed by atoms with Crippen molar-refractivity contribution in [3.63, 3.8) is 0 Å². The minimum absolute atomic E-state index is 0.200. The fraction of sp³-hybridized carbons (Fsp3) is 0.444. The van der Waals surface area contributed by atoms with Crippen LogP contribution in [0.1, 0.15) is 18.4 Å². The molecule has 8 heteroatoms. The lowest BCUT2D eigenvalue weighted by molar-refractivity contribution is 0.814. The molecular formula is C9H10N8. The largest absolute Gasteiger partial charge is 0.368 e. The Morgan fingerprint density at radius 1 is 1.29 bits per heavy atom. The molecule has 1 saturated heterocycles. The third-order valence-corrected chi connectivity index (χ3v) is 2.87. The number of aromatic nitrogens is 5. The van der Waals surface area contributed by atoms with Crippen LogP contribution in [0, 0.1) is 11.3 Å². The Morgan fingerprint density at radius 3 is 2.76 bits per heavy atom. The summed E-state index contributed by atoms with van der Waals surface area (Å²) in [5.41, 5.74) is 6.51. The highest BCUT2D eigenvalue weighted by molar-refractivity contribution is 5.69. The van der Waals surface area contributed by atoms with Crippen molar-refractivity contribution >= 4 is 17.4 Å². The normalized spacial score (nSPS) is 15.4. The van der Waals surface area contributed by atoms with E-state index < -0.39 is 0 Å². The summed E-state index contributed by atoms with van der Waals surface area (Å²) in [6, 6.07) is 2.11. The van der Waals surface area contributed by atoms with Crippen molar-refractivity contribution in [3.05, 3.63) is 5.56 Å². The van der Waals surface area contributed by atoms with Crippen LogP contribution in [0.2, 0.25) is 0 Å². The average Bonchev–Trinajstić information content (AvgIpc) is 3.00. The fourth-order valence-corrected chi connectivity index (χ4v) is 2.07. The molecule has 0 aliphatic carbocycles. The first kappa shape index (κ1) is 9.77. The summed E-state index contributed by atoms with van der Waals surface area (Å²) in [7, 11) is 0. The number of hydrogen-bond donors (Lipinski definition) is 1. The molecule has 1 aliphatic rings. The molecule has 0 saturated carbocycles. The van der Waals surface area contributed by atoms with E-state index in [2.05, 4.69) is 26.6 Å². The van der Waals surface area contributed by atoms with Gasteiger partial charge in [0.05, 0.1) is 0 Å². The quantitative estimate of drug-likeness (QED) is 0.708. The number of tetrazole rings is 1. The zero-order valence-corrected chi connectivity index (χ0v) is 9.04. The second-order valence-corrected chi connectivity index (χ2v) is 3.89. The fourth-order valence-electron chi connectivity index (χ4n) is 2.07. The molecule has 0 spiro atoms. The first-order valence-electron chi connectivity index (χ1n) is 5.34. The van der Waals surface area contributed by atoms with Crippen molar-refractivity contribution in [2.75, 3.05) is 23.7 Å². The highest BCUT2D eigenvalue weighted by Gasteiger charge is 2.22. The second kappa shape index (κ2) is 3.55. The molecule has 8 nitrogen and oxygen atoms in total. The Morgan fingerprint density at radius 2 is 2.06 bits per heavy atom. The van der Waals surface area contributed by atoms with Gasteiger partial charge in [-0.2, -0.15) is 14.8 Å². The Labute approximate surface area is 96.6 Å². The van der Waals surface area contributed by atoms with Crippen molar-refractivity contribution in [3.8, 4) is 6.07 Å². The molecule has 17 heavy (non-hydrogen) atoms. The maximum Gasteiger partial charge on any atom is 0.226 e. The number of anilines is 2. The van der Waals surface area contributed by atoms with Crippen LogP contribution in [-0.2, 0) is 0 Å². The predicted octanol–water partition coefficient (Wildman–Crippen LogP) is -0.427. The third kappa shape index (κ3) is 1.36. The molecular weight excluding hydrogens is 220 g/mol. The summed E-state index contributed by atoms with van der Waals surface area (Å²) >= 11 is 0. The van der Waals surface area contributed by atoms with Gasteiger partial charge in [-0.3, -0.25) is 0 Å². The van der Waals surface area contributed by atoms with Crippen LogP contribution in [-0.4, -0.2) is 38.1 Å². The number of nitrogens with zero attached hydrogens (tertiary/aromatic N) is 7. The van der Waals surface area contributed by atoms with Gasteiger partial charge in [-0.1, -0.05) is 0 Å². The summed E-state index contributed by atoms with van der Waals surface area (Å²) in [6.45, 7) is 1.78. The highest BCUT2D eigenvalue weighted by atomic mass is 15.5. The molecule has 2 aromatic heterocycles. The predicted molar refractivity (Wildman–Crippen MR) is 59.2 cm³/mol. The molecule has 1 fully saturated rings. The number of nitrogen functional groups attached to an aromatic ring is 1. The molecule has 86 valence electrons. The second-order valence-electron chi connectivity index (χ2n) is 3.89. The summed E-state index contributed by atoms with van der Waals surface area (Å²) in [6.07, 6.45) is 2.20. The molecule has 2 aromatic rings. The van der Waals surface area contributed by atoms with Crippen molar-refractivity contribution in [2.45, 2.75) is 12.8 Å². The van der Waals surface area contributed by atoms with Crippen LogP contribution in [0.4, 0.5) is 11.8 Å². The number of nitriles is 1. The van der Waals surface area contributed by atoms with E-state index in [1.807, 2.05) is 4.90 Å². The highest BCUT2D eigenvalue weighted by Crippen LogP contribution is 2.25. The van der Waals surface area contributed by atoms with Crippen LogP contribution in [0.3, 0.4) is 0 Å². The molecule has 0 unspecified atom stereocenters. The van der Waals surface area contributed by atoms with Gasteiger partial charge in [-0.15, -0.1) is 5.10 Å². The molecule has 0 aromatic carbocycles. The SMILES string of the molecule is N#Cc1c(N2CCCC2)nc(N)n2nnnc12. The Bertz CT molecular complexity index is 603. The maximum atomic E-state index is 9.22. The summed E-state index contributed by atoms with van der Waals surface area (Å²) in [5.74, 6) is 0.788. The van der Waals surface area contributed by atoms with E-state index in [0.717, 1.165) is 25.9 Å². The lowest BCUT2D eigenvalue weighted by Crippen LogP contribution is -2.22. The van der Waals surface area contributed by atoms with E-state index in [1.165, 1.54) is 4.52 Å². The topological polar surface area (TPSA) is 109 Å². The number of fused-ring (bicyclic) bond motifs is 1. The van der Waals surface area contributed by atoms with E-state index in [4.69, 9.17) is 5.73 Å². The Hall–Kier alpha value is -2.43. The van der Waals surface area contributed by atoms with E-state index >= 15 is 0 Å². The average molecular weight is 230 g/mol. The van der Waals surface area contributed by atoms with Gasteiger partial charge in [-0.05, 0) is 23.3 Å². The molecule has 3 heterocycles. The van der Waals surface area contributed by atoms with Crippen molar-refractivity contribution < 1.29 is 0 Å². The summed E-state index contributed by atoms with van der Waals surface area (Å²) in [4.78, 5) is 6.27. The van der Waals surface area contributed by atoms with Crippen LogP contribution < -0.4 is 10.6 Å². The molecule has 0 radical (unpaired) electrons. The van der Waals surface area contributed by atoms with E-state index in [9.17, 15) is 5.26 Å². The monoisotopic (exact) mass is 230 g/mol. The van der Waals surface area contributed by atoms with Gasteiger partial charge < -0.3 is 10.6 Å². The van der Waals surface area contributed by atoms with Crippen molar-refractivity contribution in [2.24, 2.45) is 0 Å². The van der Waals surface area contributed by atoms with E-state index in [1.54, 1.807) is 0 Å². The lowest BCUT2D eigenvalue weighted by atomic mass is 10.3. The minimum atomic E-state index is 0.200. The van der Waals surface area contributed by atoms with Gasteiger partial charge in [0.15, 0.2) is 5.82 Å². The van der Waals surface area contributed by atoms with E-state index in [0.29, 0.717) is 17.0 Å². The molecule has 0 bridgehead atoms. The van der Waals surface area contributed by atoms with Crippen LogP contribution in [0.25, 0.3) is 5.65 Å². The molecule has 1 aliphatic heterocycles. The Kier molecular flexibility index (Phi) is 2.04. The van der Waals surface area contributed by atoms with Gasteiger partial charge in [0, 0.05) is 13.1 Å². The Balaban J connectivity index is 2.26. The van der Waals surface area contributed by atoms with Gasteiger partial charge in [0.2, 0.25) is 11.6 Å². The van der Waals surface area contributed by atoms with Crippen molar-refractivity contribution in [1.82, 2.24) is 25.0 Å². The summed E-state index contributed by atoms with van der Waals surface area (Å²) < 4.78 is 1.28. The van der Waals surface area contributed by atoms with Crippen molar-refractivity contribution in [1.29, 1.82) is 5.26 Å². The molecule has 0 atom stereocenters. The van der Waals surface area contributed by atoms with Crippen LogP contribution >= 0.6 is 0 Å². The molecule has 2 N–H and O–H groups in total. The number of hydrogen-bond acceptors (Lipinski definition) is 7. The zero-order valence-electron chi connectivity index (χ0n) is 9.04. The van der Waals surface area contributed by atoms with E-state index in [-0.39, 0.29) is 5.95 Å². The first-order valence-corrected chi connectivity index (χ1v) is 5.34. The van der Waals surface area contributed by atoms with Gasteiger partial charge >= 0.3 is 0 Å². The lowest BCUT2D eigenvalue weighted by Gasteiger charge is -2.17. The smallest absolute Gasteiger partial charge is 0.226 e. The van der Waals surface area contributed by atoms with Gasteiger partial charge in [0.25, 0.3) is 0 Å². The maximum absolute atomic E-state index is 9.22. The van der Waals surface area contributed by atoms with Crippen LogP contribution in [0.5, 0.6) is 0 Å². The van der Waals surface area contributed by atoms with Gasteiger partial charge in [0.1, 0.15) is 11.6 Å². The number of nitrogens with two attached hydrogens (primary N) is 1. The summed E-state index contributed by atoms with van der Waals surface area (Å²) in [5, 5.41) is 20.2. The standard InChI is InChI=1S/C9H10N8/c10-5-6-7(16-3-1-2-4-16)12-9(11)17-8(6)13-14-15-17/h1-4H2,(H2,11,12). The first-order chi connectivity index (χ1) is 8.31.